The number of fused-ring (bicyclic) bond motifs is 1. The monoisotopic (exact) mass is 357 g/mol. The summed E-state index contributed by atoms with van der Waals surface area (Å²) in [5, 5.41) is 4.92. The van der Waals surface area contributed by atoms with E-state index in [1.807, 2.05) is 26.0 Å². The Morgan fingerprint density at radius 2 is 2.00 bits per heavy atom. The maximum Gasteiger partial charge on any atom is 0.234 e. The molecule has 0 unspecified atom stereocenters. The van der Waals surface area contributed by atoms with E-state index in [1.54, 1.807) is 17.7 Å². The number of carbonyl (C=O) groups is 1. The lowest BCUT2D eigenvalue weighted by Gasteiger charge is -2.09. The average Bonchev–Trinajstić information content (AvgIpc) is 2.83. The molecule has 124 valence electrons. The number of rotatable bonds is 4. The Balaban J connectivity index is 1.73. The number of hydrogen-bond donors (Lipinski definition) is 1. The normalized spacial score (nSPS) is 11.0. The van der Waals surface area contributed by atoms with Crippen molar-refractivity contribution in [2.24, 2.45) is 0 Å². The van der Waals surface area contributed by atoms with Crippen LogP contribution < -0.4 is 5.32 Å². The summed E-state index contributed by atoms with van der Waals surface area (Å²) in [5.74, 6) is 0.302. The largest absolute Gasteiger partial charge is 0.325 e. The highest BCUT2D eigenvalue weighted by Gasteiger charge is 2.14. The van der Waals surface area contributed by atoms with Crippen molar-refractivity contribution >= 4 is 44.9 Å². The maximum absolute atomic E-state index is 12.3. The lowest BCUT2D eigenvalue weighted by Crippen LogP contribution is -2.15. The summed E-state index contributed by atoms with van der Waals surface area (Å²) >= 11 is 3.13. The number of aromatic nitrogens is 2. The molecule has 0 aliphatic heterocycles. The summed E-state index contributed by atoms with van der Waals surface area (Å²) < 4.78 is 0. The fraction of sp³-hybridized carbons (Fsp3) is 0.278. The number of thioether (sulfide) groups is 1. The van der Waals surface area contributed by atoms with Gasteiger partial charge in [0, 0.05) is 16.0 Å². The Hall–Kier alpha value is -1.92. The fourth-order valence-corrected chi connectivity index (χ4v) is 4.45. The topological polar surface area (TPSA) is 54.9 Å². The van der Waals surface area contributed by atoms with E-state index in [1.165, 1.54) is 27.8 Å². The molecule has 1 aromatic carbocycles. The first-order valence-electron chi connectivity index (χ1n) is 7.66. The van der Waals surface area contributed by atoms with Gasteiger partial charge in [-0.1, -0.05) is 29.5 Å². The smallest absolute Gasteiger partial charge is 0.234 e. The number of anilines is 1. The second kappa shape index (κ2) is 6.91. The summed E-state index contributed by atoms with van der Waals surface area (Å²) in [7, 11) is 0. The van der Waals surface area contributed by atoms with E-state index in [9.17, 15) is 4.79 Å². The van der Waals surface area contributed by atoms with Crippen LogP contribution in [0.4, 0.5) is 5.69 Å². The lowest BCUT2D eigenvalue weighted by atomic mass is 10.1. The zero-order valence-corrected chi connectivity index (χ0v) is 15.8. The van der Waals surface area contributed by atoms with Gasteiger partial charge in [0.2, 0.25) is 5.91 Å². The first kappa shape index (κ1) is 16.9. The molecule has 24 heavy (non-hydrogen) atoms. The van der Waals surface area contributed by atoms with Crippen LogP contribution in [0.1, 0.15) is 21.6 Å². The Labute approximate surface area is 149 Å². The minimum atomic E-state index is -0.0247. The van der Waals surface area contributed by atoms with Crippen molar-refractivity contribution in [1.29, 1.82) is 0 Å². The van der Waals surface area contributed by atoms with Gasteiger partial charge in [-0.25, -0.2) is 9.97 Å². The van der Waals surface area contributed by atoms with E-state index < -0.39 is 0 Å². The number of thiophene rings is 1. The molecule has 0 spiro atoms. The van der Waals surface area contributed by atoms with E-state index in [-0.39, 0.29) is 5.91 Å². The Morgan fingerprint density at radius 1 is 1.21 bits per heavy atom. The van der Waals surface area contributed by atoms with Crippen LogP contribution in [-0.4, -0.2) is 21.6 Å². The highest BCUT2D eigenvalue weighted by molar-refractivity contribution is 8.00. The molecule has 3 aromatic rings. The van der Waals surface area contributed by atoms with E-state index in [2.05, 4.69) is 35.2 Å². The van der Waals surface area contributed by atoms with Crippen LogP contribution in [0.2, 0.25) is 0 Å². The van der Waals surface area contributed by atoms with Crippen LogP contribution in [0.25, 0.3) is 10.2 Å². The lowest BCUT2D eigenvalue weighted by molar-refractivity contribution is -0.113. The SMILES string of the molecule is Cc1ccc(NC(=O)CSc2ncnc3sc(C)c(C)c23)c(C)c1. The van der Waals surface area contributed by atoms with Crippen LogP contribution in [0.15, 0.2) is 29.6 Å². The van der Waals surface area contributed by atoms with Gasteiger partial charge in [0.25, 0.3) is 0 Å². The molecule has 4 nitrogen and oxygen atoms in total. The molecule has 2 heterocycles. The van der Waals surface area contributed by atoms with Gasteiger partial charge in [-0.2, -0.15) is 0 Å². The molecule has 6 heteroatoms. The van der Waals surface area contributed by atoms with E-state index in [0.29, 0.717) is 5.75 Å². The molecule has 2 aromatic heterocycles. The number of aryl methyl sites for hydroxylation is 4. The predicted molar refractivity (Wildman–Crippen MR) is 102 cm³/mol. The molecular formula is C18H19N3OS2. The molecule has 0 fully saturated rings. The molecule has 0 aliphatic carbocycles. The molecule has 0 saturated carbocycles. The predicted octanol–water partition coefficient (Wildman–Crippen LogP) is 4.66. The number of benzene rings is 1. The molecule has 0 radical (unpaired) electrons. The Morgan fingerprint density at radius 3 is 2.75 bits per heavy atom. The highest BCUT2D eigenvalue weighted by Crippen LogP contribution is 2.34. The zero-order chi connectivity index (χ0) is 17.3. The van der Waals surface area contributed by atoms with Gasteiger partial charge in [0.05, 0.1) is 5.75 Å². The van der Waals surface area contributed by atoms with Crippen molar-refractivity contribution in [2.75, 3.05) is 11.1 Å². The zero-order valence-electron chi connectivity index (χ0n) is 14.1. The van der Waals surface area contributed by atoms with Gasteiger partial charge in [-0.15, -0.1) is 11.3 Å². The van der Waals surface area contributed by atoms with Crippen molar-refractivity contribution in [3.8, 4) is 0 Å². The number of nitrogens with one attached hydrogen (secondary N) is 1. The highest BCUT2D eigenvalue weighted by atomic mass is 32.2. The van der Waals surface area contributed by atoms with Crippen LogP contribution in [0, 0.1) is 27.7 Å². The second-order valence-electron chi connectivity index (χ2n) is 5.80. The van der Waals surface area contributed by atoms with Crippen LogP contribution in [0.5, 0.6) is 0 Å². The molecular weight excluding hydrogens is 338 g/mol. The van der Waals surface area contributed by atoms with Crippen molar-refractivity contribution in [3.05, 3.63) is 46.1 Å². The number of hydrogen-bond acceptors (Lipinski definition) is 5. The third-order valence-corrected chi connectivity index (χ3v) is 6.03. The van der Waals surface area contributed by atoms with Crippen LogP contribution in [0.3, 0.4) is 0 Å². The number of amides is 1. The van der Waals surface area contributed by atoms with Crippen LogP contribution >= 0.6 is 23.1 Å². The maximum atomic E-state index is 12.3. The Kier molecular flexibility index (Phi) is 4.87. The second-order valence-corrected chi connectivity index (χ2v) is 7.96. The van der Waals surface area contributed by atoms with Gasteiger partial charge >= 0.3 is 0 Å². The van der Waals surface area contributed by atoms with E-state index in [0.717, 1.165) is 26.5 Å². The van der Waals surface area contributed by atoms with Gasteiger partial charge in [-0.3, -0.25) is 4.79 Å². The summed E-state index contributed by atoms with van der Waals surface area (Å²) in [4.78, 5) is 23.2. The number of nitrogens with zero attached hydrogens (tertiary/aromatic N) is 2. The minimum Gasteiger partial charge on any atom is -0.325 e. The average molecular weight is 358 g/mol. The summed E-state index contributed by atoms with van der Waals surface area (Å²) in [6.07, 6.45) is 1.57. The summed E-state index contributed by atoms with van der Waals surface area (Å²) in [6.45, 7) is 8.21. The first-order chi connectivity index (χ1) is 11.5. The first-order valence-corrected chi connectivity index (χ1v) is 9.46. The molecule has 1 N–H and O–H groups in total. The quantitative estimate of drug-likeness (QED) is 0.545. The van der Waals surface area contributed by atoms with Gasteiger partial charge in [0.1, 0.15) is 16.2 Å². The van der Waals surface area contributed by atoms with E-state index >= 15 is 0 Å². The number of carbonyl (C=O) groups excluding carboxylic acids is 1. The van der Waals surface area contributed by atoms with Crippen molar-refractivity contribution in [2.45, 2.75) is 32.7 Å². The fourth-order valence-electron chi connectivity index (χ4n) is 2.53. The van der Waals surface area contributed by atoms with E-state index in [4.69, 9.17) is 0 Å². The van der Waals surface area contributed by atoms with Gasteiger partial charge in [-0.05, 0) is 44.9 Å². The molecule has 0 atom stereocenters. The summed E-state index contributed by atoms with van der Waals surface area (Å²) in [5.41, 5.74) is 4.32. The molecule has 0 aliphatic rings. The van der Waals surface area contributed by atoms with Gasteiger partial charge < -0.3 is 5.32 Å². The van der Waals surface area contributed by atoms with Crippen molar-refractivity contribution in [3.63, 3.8) is 0 Å². The van der Waals surface area contributed by atoms with Gasteiger partial charge in [0.15, 0.2) is 0 Å². The third kappa shape index (κ3) is 3.44. The third-order valence-electron chi connectivity index (χ3n) is 3.93. The molecule has 1 amide bonds. The van der Waals surface area contributed by atoms with Crippen LogP contribution in [-0.2, 0) is 4.79 Å². The summed E-state index contributed by atoms with van der Waals surface area (Å²) in [6, 6.07) is 6.01. The standard InChI is InChI=1S/C18H19N3OS2/c1-10-5-6-14(11(2)7-10)21-15(22)8-23-17-16-12(3)13(4)24-18(16)20-9-19-17/h5-7,9H,8H2,1-4H3,(H,21,22). The van der Waals surface area contributed by atoms with Crippen molar-refractivity contribution in [1.82, 2.24) is 9.97 Å². The molecule has 0 saturated heterocycles. The van der Waals surface area contributed by atoms with Crippen molar-refractivity contribution < 1.29 is 4.79 Å². The minimum absolute atomic E-state index is 0.0247. The molecule has 0 bridgehead atoms. The Bertz CT molecular complexity index is 918. The molecule has 3 rings (SSSR count).